The van der Waals surface area contributed by atoms with E-state index in [1.54, 1.807) is 72.8 Å². The molecule has 1 aromatic heterocycles. The van der Waals surface area contributed by atoms with Crippen molar-refractivity contribution in [2.24, 2.45) is 0 Å². The SMILES string of the molecule is [2H]c1c([2H])c([2H])c2c(-c3ccccc3-c3ccccc3)c3c([2H])c([2H])c([2H])c([2H])c3c(-c3ccc4cc(-n5c(C([2H])([2H])C([2H])([2H])[2H])nc6ccccc65)ccc4c3)c2c1[2H]. The highest BCUT2D eigenvalue weighted by Crippen LogP contribution is 2.46. The molecular weight excluding hydrogens is 569 g/mol. The smallest absolute Gasteiger partial charge is 0.114 e. The molecule has 0 saturated heterocycles. The first-order valence-corrected chi connectivity index (χ1v) is 15.2. The van der Waals surface area contributed by atoms with Crippen LogP contribution in [-0.4, -0.2) is 9.55 Å². The van der Waals surface area contributed by atoms with Crippen molar-refractivity contribution in [3.05, 3.63) is 169 Å². The molecule has 0 spiro atoms. The number of rotatable bonds is 5. The summed E-state index contributed by atoms with van der Waals surface area (Å²) in [5.74, 6) is -0.283. The van der Waals surface area contributed by atoms with E-state index in [2.05, 4.69) is 4.98 Å². The van der Waals surface area contributed by atoms with Crippen LogP contribution in [0.15, 0.2) is 164 Å². The lowest BCUT2D eigenvalue weighted by molar-refractivity contribution is 0.909. The molecule has 0 aliphatic carbocycles. The highest BCUT2D eigenvalue weighted by molar-refractivity contribution is 6.22. The number of aromatic nitrogens is 2. The Morgan fingerprint density at radius 1 is 0.596 bits per heavy atom. The minimum absolute atomic E-state index is 0.0915. The van der Waals surface area contributed by atoms with Crippen molar-refractivity contribution in [2.45, 2.75) is 13.2 Å². The van der Waals surface area contributed by atoms with Crippen LogP contribution in [0.25, 0.3) is 82.4 Å². The van der Waals surface area contributed by atoms with Crippen LogP contribution in [0.2, 0.25) is 0 Å². The van der Waals surface area contributed by atoms with Gasteiger partial charge in [0.15, 0.2) is 0 Å². The Morgan fingerprint density at radius 3 is 1.96 bits per heavy atom. The predicted octanol–water partition coefficient (Wildman–Crippen LogP) is 12.0. The summed E-state index contributed by atoms with van der Waals surface area (Å²) in [6.07, 6.45) is -2.80. The minimum atomic E-state index is -3.02. The normalized spacial score (nSPS) is 16.1. The molecule has 0 bridgehead atoms. The van der Waals surface area contributed by atoms with Gasteiger partial charge in [-0.25, -0.2) is 4.98 Å². The van der Waals surface area contributed by atoms with Crippen molar-refractivity contribution in [1.82, 2.24) is 9.55 Å². The Hall–Kier alpha value is -5.99. The van der Waals surface area contributed by atoms with Gasteiger partial charge >= 0.3 is 0 Å². The lowest BCUT2D eigenvalue weighted by Crippen LogP contribution is -2.00. The summed E-state index contributed by atoms with van der Waals surface area (Å²) < 4.78 is 115. The van der Waals surface area contributed by atoms with E-state index in [1.807, 2.05) is 42.5 Å². The van der Waals surface area contributed by atoms with Crippen molar-refractivity contribution in [3.63, 3.8) is 0 Å². The molecule has 9 rings (SSSR count). The van der Waals surface area contributed by atoms with Crippen LogP contribution in [0.1, 0.15) is 30.5 Å². The number of hydrogen-bond donors (Lipinski definition) is 0. The summed E-state index contributed by atoms with van der Waals surface area (Å²) in [6.45, 7) is -3.02. The summed E-state index contributed by atoms with van der Waals surface area (Å²) >= 11 is 0. The molecule has 0 atom stereocenters. The van der Waals surface area contributed by atoms with E-state index < -0.39 is 37.4 Å². The molecule has 9 aromatic rings. The van der Waals surface area contributed by atoms with Crippen molar-refractivity contribution < 1.29 is 17.8 Å². The fourth-order valence-electron chi connectivity index (χ4n) is 6.65. The summed E-state index contributed by atoms with van der Waals surface area (Å²) in [4.78, 5) is 4.43. The Kier molecular flexibility index (Phi) is 4.04. The summed E-state index contributed by atoms with van der Waals surface area (Å²) in [5.41, 5.74) is 4.30. The molecule has 0 saturated carbocycles. The summed E-state index contributed by atoms with van der Waals surface area (Å²) in [7, 11) is 0. The number of benzene rings is 8. The number of hydrogen-bond acceptors (Lipinski definition) is 1. The van der Waals surface area contributed by atoms with Gasteiger partial charge in [0.2, 0.25) is 0 Å². The number of imidazole rings is 1. The molecule has 0 amide bonds. The molecule has 222 valence electrons. The van der Waals surface area contributed by atoms with Gasteiger partial charge in [0.05, 0.1) is 22.0 Å². The monoisotopic (exact) mass is 613 g/mol. The van der Waals surface area contributed by atoms with Crippen LogP contribution in [0.4, 0.5) is 0 Å². The van der Waals surface area contributed by atoms with Crippen molar-refractivity contribution in [3.8, 4) is 39.1 Å². The third-order valence-corrected chi connectivity index (χ3v) is 8.70. The van der Waals surface area contributed by atoms with Crippen molar-refractivity contribution >= 4 is 43.4 Å². The molecule has 2 heteroatoms. The predicted molar refractivity (Wildman–Crippen MR) is 199 cm³/mol. The summed E-state index contributed by atoms with van der Waals surface area (Å²) in [6, 6.07) is 30.7. The number of aryl methyl sites for hydroxylation is 1. The molecule has 0 aliphatic heterocycles. The maximum Gasteiger partial charge on any atom is 0.114 e. The molecule has 0 radical (unpaired) electrons. The van der Waals surface area contributed by atoms with Crippen LogP contribution in [-0.2, 0) is 6.37 Å². The van der Waals surface area contributed by atoms with E-state index in [-0.39, 0.29) is 62.7 Å². The second-order valence-electron chi connectivity index (χ2n) is 11.3. The average Bonchev–Trinajstić information content (AvgIpc) is 3.65. The lowest BCUT2D eigenvalue weighted by atomic mass is 9.83. The molecule has 0 unspecified atom stereocenters. The Labute approximate surface area is 292 Å². The van der Waals surface area contributed by atoms with E-state index in [4.69, 9.17) is 12.3 Å². The van der Waals surface area contributed by atoms with Gasteiger partial charge in [0.25, 0.3) is 0 Å². The van der Waals surface area contributed by atoms with Gasteiger partial charge in [-0.3, -0.25) is 4.57 Å². The first kappa shape index (κ1) is 17.1. The quantitative estimate of drug-likeness (QED) is 0.177. The highest BCUT2D eigenvalue weighted by Gasteiger charge is 2.19. The van der Waals surface area contributed by atoms with E-state index in [0.717, 1.165) is 5.56 Å². The van der Waals surface area contributed by atoms with E-state index in [1.165, 1.54) is 4.57 Å². The minimum Gasteiger partial charge on any atom is -0.296 e. The van der Waals surface area contributed by atoms with Gasteiger partial charge in [-0.05, 0) is 96.0 Å². The molecule has 8 aromatic carbocycles. The fourth-order valence-corrected chi connectivity index (χ4v) is 6.65. The van der Waals surface area contributed by atoms with Crippen LogP contribution in [0.5, 0.6) is 0 Å². The summed E-state index contributed by atoms with van der Waals surface area (Å²) in [5, 5.41) is 1.69. The van der Waals surface area contributed by atoms with Crippen LogP contribution in [0.3, 0.4) is 0 Å². The maximum atomic E-state index is 9.38. The van der Waals surface area contributed by atoms with Gasteiger partial charge in [-0.15, -0.1) is 0 Å². The topological polar surface area (TPSA) is 17.8 Å². The molecule has 0 N–H and O–H groups in total. The van der Waals surface area contributed by atoms with Crippen LogP contribution < -0.4 is 0 Å². The molecule has 0 fully saturated rings. The standard InChI is InChI=1S/C45H32N2/c1-2-43-46-41-22-12-13-23-42(41)47(43)34-27-26-31-28-33(25-24-32(31)29-34)44-37-18-8-10-20-39(37)45(40-21-11-9-19-38(40)44)36-17-7-6-16-35(36)30-14-4-3-5-15-30/h3-29H,2H2,1H3/i1D3,2D2,8D,9D,10D,11D,18D,19D,20D,21D. The number of fused-ring (bicyclic) bond motifs is 4. The van der Waals surface area contributed by atoms with Gasteiger partial charge in [0.1, 0.15) is 5.82 Å². The number of para-hydroxylation sites is 2. The Morgan fingerprint density at radius 2 is 1.21 bits per heavy atom. The first-order valence-electron chi connectivity index (χ1n) is 21.7. The van der Waals surface area contributed by atoms with Gasteiger partial charge in [-0.1, -0.05) is 140 Å². The molecular formula is C45H32N2. The first-order chi connectivity index (χ1) is 28.5. The van der Waals surface area contributed by atoms with E-state index in [0.29, 0.717) is 44.2 Å². The molecule has 1 heterocycles. The zero-order chi connectivity index (χ0) is 42.6. The van der Waals surface area contributed by atoms with Crippen LogP contribution in [0, 0.1) is 0 Å². The van der Waals surface area contributed by atoms with Crippen molar-refractivity contribution in [1.29, 1.82) is 0 Å². The van der Waals surface area contributed by atoms with Gasteiger partial charge in [0, 0.05) is 18.9 Å². The zero-order valence-electron chi connectivity index (χ0n) is 37.9. The van der Waals surface area contributed by atoms with Gasteiger partial charge in [-0.2, -0.15) is 0 Å². The fraction of sp³-hybridized carbons (Fsp3) is 0.0444. The molecule has 47 heavy (non-hydrogen) atoms. The van der Waals surface area contributed by atoms with E-state index >= 15 is 0 Å². The second-order valence-corrected chi connectivity index (χ2v) is 11.3. The Bertz CT molecular complexity index is 3180. The largest absolute Gasteiger partial charge is 0.296 e. The third kappa shape index (κ3) is 4.45. The zero-order valence-corrected chi connectivity index (χ0v) is 24.9. The Balaban J connectivity index is 1.38. The highest BCUT2D eigenvalue weighted by atomic mass is 15.1. The lowest BCUT2D eigenvalue weighted by Gasteiger charge is -2.20. The van der Waals surface area contributed by atoms with E-state index in [9.17, 15) is 5.48 Å². The second kappa shape index (κ2) is 11.1. The molecule has 2 nitrogen and oxygen atoms in total. The van der Waals surface area contributed by atoms with Crippen LogP contribution >= 0.6 is 0 Å². The van der Waals surface area contributed by atoms with Gasteiger partial charge < -0.3 is 0 Å². The number of nitrogens with zero attached hydrogens (tertiary/aromatic N) is 2. The molecule has 0 aliphatic rings. The average molecular weight is 614 g/mol. The van der Waals surface area contributed by atoms with Crippen molar-refractivity contribution in [2.75, 3.05) is 0 Å². The third-order valence-electron chi connectivity index (χ3n) is 8.70. The maximum absolute atomic E-state index is 9.38.